The Bertz CT molecular complexity index is 1680. The lowest BCUT2D eigenvalue weighted by Crippen LogP contribution is -2.35. The van der Waals surface area contributed by atoms with Gasteiger partial charge in [0.2, 0.25) is 11.4 Å². The molecule has 1 heterocycles. The molecule has 0 radical (unpaired) electrons. The van der Waals surface area contributed by atoms with E-state index < -0.39 is 5.92 Å². The number of para-hydroxylation sites is 1. The summed E-state index contributed by atoms with van der Waals surface area (Å²) in [5, 5.41) is 11.4. The Hall–Kier alpha value is -4.44. The Morgan fingerprint density at radius 1 is 0.786 bits per heavy atom. The van der Waals surface area contributed by atoms with Crippen molar-refractivity contribution in [1.82, 2.24) is 4.58 Å². The van der Waals surface area contributed by atoms with Gasteiger partial charge in [-0.25, -0.2) is 0 Å². The van der Waals surface area contributed by atoms with Crippen molar-refractivity contribution in [3.63, 3.8) is 0 Å². The second-order valence-corrected chi connectivity index (χ2v) is 12.3. The number of ketones is 1. The van der Waals surface area contributed by atoms with Gasteiger partial charge in [0.25, 0.3) is 0 Å². The maximum atomic E-state index is 13.7. The Labute approximate surface area is 249 Å². The number of aryl methyl sites for hydroxylation is 2. The van der Waals surface area contributed by atoms with Crippen LogP contribution in [0.2, 0.25) is 0 Å². The summed E-state index contributed by atoms with van der Waals surface area (Å²) in [7, 11) is 0. The molecule has 3 unspecified atom stereocenters. The van der Waals surface area contributed by atoms with Crippen molar-refractivity contribution in [3.8, 4) is 0 Å². The standard InChI is InChI=1S/C38H38N2O2/c1-24(2)22-27(5)40(30-18-12-26(4)13-19-30)31-20-14-28(15-21-31)35-37(41)36(38(35)42)33-23-39(29-16-10-25(3)11-17-29)34-9-7-6-8-32(33)34/h6-21,23-24,27,33,36H,22H2,1-5H3/p+1. The highest BCUT2D eigenvalue weighted by atomic mass is 16.3. The third-order valence-corrected chi connectivity index (χ3v) is 8.62. The molecular weight excluding hydrogens is 516 g/mol. The van der Waals surface area contributed by atoms with Gasteiger partial charge in [0.1, 0.15) is 5.76 Å². The predicted molar refractivity (Wildman–Crippen MR) is 175 cm³/mol. The fourth-order valence-corrected chi connectivity index (χ4v) is 6.55. The van der Waals surface area contributed by atoms with E-state index in [9.17, 15) is 9.90 Å². The number of fused-ring (bicyclic) bond motifs is 1. The van der Waals surface area contributed by atoms with E-state index in [-0.39, 0.29) is 17.5 Å². The summed E-state index contributed by atoms with van der Waals surface area (Å²) in [5.74, 6) is -0.0552. The molecule has 0 saturated carbocycles. The van der Waals surface area contributed by atoms with Crippen LogP contribution < -0.4 is 9.48 Å². The van der Waals surface area contributed by atoms with E-state index in [4.69, 9.17) is 0 Å². The average Bonchev–Trinajstić information content (AvgIpc) is 3.34. The van der Waals surface area contributed by atoms with Crippen LogP contribution in [0.5, 0.6) is 0 Å². The number of rotatable bonds is 8. The molecular formula is C38H39N2O2+. The highest BCUT2D eigenvalue weighted by Crippen LogP contribution is 2.48. The van der Waals surface area contributed by atoms with Crippen molar-refractivity contribution in [3.05, 3.63) is 125 Å². The molecule has 0 saturated heterocycles. The third kappa shape index (κ3) is 4.96. The number of Topliss-reactive ketones (excluding diaryl/α,β-unsaturated/α-hetero) is 1. The third-order valence-electron chi connectivity index (χ3n) is 8.62. The molecule has 0 spiro atoms. The number of carbonyl (C=O) groups is 1. The van der Waals surface area contributed by atoms with Gasteiger partial charge in [-0.05, 0) is 62.9 Å². The van der Waals surface area contributed by atoms with Crippen LogP contribution in [-0.2, 0) is 4.79 Å². The van der Waals surface area contributed by atoms with Crippen molar-refractivity contribution < 1.29 is 9.90 Å². The zero-order valence-electron chi connectivity index (χ0n) is 25.1. The van der Waals surface area contributed by atoms with Crippen LogP contribution in [-0.4, -0.2) is 23.1 Å². The van der Waals surface area contributed by atoms with Gasteiger partial charge in [-0.15, -0.1) is 0 Å². The van der Waals surface area contributed by atoms with E-state index in [1.54, 1.807) is 0 Å². The summed E-state index contributed by atoms with van der Waals surface area (Å²) in [4.78, 5) is 16.1. The average molecular weight is 556 g/mol. The first-order chi connectivity index (χ1) is 20.2. The van der Waals surface area contributed by atoms with Gasteiger partial charge in [0.05, 0.1) is 17.4 Å². The highest BCUT2D eigenvalue weighted by Gasteiger charge is 2.50. The van der Waals surface area contributed by atoms with Crippen molar-refractivity contribution in [2.24, 2.45) is 11.8 Å². The van der Waals surface area contributed by atoms with Gasteiger partial charge in [0, 0.05) is 41.2 Å². The Morgan fingerprint density at radius 3 is 1.95 bits per heavy atom. The fraction of sp³-hybridized carbons (Fsp3) is 0.263. The number of aliphatic hydroxyl groups is 1. The lowest BCUT2D eigenvalue weighted by atomic mass is 9.70. The van der Waals surface area contributed by atoms with Gasteiger partial charge in [-0.3, -0.25) is 4.79 Å². The van der Waals surface area contributed by atoms with E-state index in [0.717, 1.165) is 40.3 Å². The molecule has 42 heavy (non-hydrogen) atoms. The first-order valence-corrected chi connectivity index (χ1v) is 15.0. The van der Waals surface area contributed by atoms with Crippen LogP contribution in [0.4, 0.5) is 22.7 Å². The zero-order chi connectivity index (χ0) is 29.5. The lowest BCUT2D eigenvalue weighted by molar-refractivity contribution is -0.119. The molecule has 4 aromatic rings. The molecule has 1 aliphatic heterocycles. The number of carbonyl (C=O) groups excluding carboxylic acids is 1. The van der Waals surface area contributed by atoms with Crippen LogP contribution >= 0.6 is 0 Å². The van der Waals surface area contributed by atoms with Crippen LogP contribution in [0.1, 0.15) is 55.4 Å². The highest BCUT2D eigenvalue weighted by molar-refractivity contribution is 6.30. The number of aliphatic hydroxyl groups excluding tert-OH is 1. The summed E-state index contributed by atoms with van der Waals surface area (Å²) >= 11 is 0. The molecule has 2 aliphatic rings. The smallest absolute Gasteiger partial charge is 0.214 e. The quantitative estimate of drug-likeness (QED) is 0.221. The van der Waals surface area contributed by atoms with Gasteiger partial charge in [-0.2, -0.15) is 4.58 Å². The Balaban J connectivity index is 1.31. The minimum absolute atomic E-state index is 0.00868. The minimum Gasteiger partial charge on any atom is -0.511 e. The largest absolute Gasteiger partial charge is 0.511 e. The molecule has 4 heteroatoms. The molecule has 3 atom stereocenters. The van der Waals surface area contributed by atoms with Crippen molar-refractivity contribution in [2.45, 2.75) is 53.0 Å². The maximum Gasteiger partial charge on any atom is 0.214 e. The summed E-state index contributed by atoms with van der Waals surface area (Å²) in [6.45, 7) is 10.9. The molecule has 0 bridgehead atoms. The first-order valence-electron chi connectivity index (χ1n) is 15.0. The second kappa shape index (κ2) is 11.1. The number of allylic oxidation sites excluding steroid dienone is 2. The molecule has 212 valence electrons. The summed E-state index contributed by atoms with van der Waals surface area (Å²) in [6.07, 6.45) is 3.14. The van der Waals surface area contributed by atoms with Crippen LogP contribution in [0.25, 0.3) is 5.57 Å². The van der Waals surface area contributed by atoms with E-state index in [1.165, 1.54) is 11.1 Å². The Morgan fingerprint density at radius 2 is 1.36 bits per heavy atom. The van der Waals surface area contributed by atoms with Gasteiger partial charge in [0.15, 0.2) is 12.0 Å². The first kappa shape index (κ1) is 27.7. The number of hydrogen-bond acceptors (Lipinski definition) is 3. The maximum absolute atomic E-state index is 13.7. The summed E-state index contributed by atoms with van der Waals surface area (Å²) in [5.41, 5.74) is 9.01. The zero-order valence-corrected chi connectivity index (χ0v) is 25.1. The molecule has 0 amide bonds. The minimum atomic E-state index is -0.577. The van der Waals surface area contributed by atoms with Crippen molar-refractivity contribution in [2.75, 3.05) is 4.90 Å². The Kier molecular flexibility index (Phi) is 7.32. The van der Waals surface area contributed by atoms with Crippen LogP contribution in [0.15, 0.2) is 103 Å². The SMILES string of the molecule is Cc1ccc(N(c2ccc(C3=C(O)C(C4C=[N+](c5ccc(C)cc5)c5ccccc54)C3=O)cc2)C(C)CC(C)C)cc1. The molecule has 0 aromatic heterocycles. The lowest BCUT2D eigenvalue weighted by Gasteiger charge is -2.33. The molecule has 1 N–H and O–H groups in total. The van der Waals surface area contributed by atoms with Gasteiger partial charge in [-0.1, -0.05) is 79.6 Å². The molecule has 4 nitrogen and oxygen atoms in total. The normalized spacial score (nSPS) is 18.5. The van der Waals surface area contributed by atoms with Crippen molar-refractivity contribution in [1.29, 1.82) is 0 Å². The predicted octanol–water partition coefficient (Wildman–Crippen LogP) is 9.05. The summed E-state index contributed by atoms with van der Waals surface area (Å²) in [6, 6.07) is 33.6. The topological polar surface area (TPSA) is 43.5 Å². The fourth-order valence-electron chi connectivity index (χ4n) is 6.55. The van der Waals surface area contributed by atoms with E-state index in [2.05, 4.69) is 123 Å². The number of anilines is 2. The number of benzene rings is 4. The molecule has 6 rings (SSSR count). The molecule has 1 aliphatic carbocycles. The van der Waals surface area contributed by atoms with Crippen LogP contribution in [0.3, 0.4) is 0 Å². The number of nitrogens with zero attached hydrogens (tertiary/aromatic N) is 2. The molecule has 0 fully saturated rings. The van der Waals surface area contributed by atoms with E-state index in [0.29, 0.717) is 17.5 Å². The monoisotopic (exact) mass is 555 g/mol. The van der Waals surface area contributed by atoms with Crippen LogP contribution in [0, 0.1) is 25.7 Å². The van der Waals surface area contributed by atoms with E-state index >= 15 is 0 Å². The summed E-state index contributed by atoms with van der Waals surface area (Å²) < 4.78 is 2.14. The van der Waals surface area contributed by atoms with Gasteiger partial charge >= 0.3 is 0 Å². The number of hydrogen-bond donors (Lipinski definition) is 1. The van der Waals surface area contributed by atoms with E-state index in [1.807, 2.05) is 24.3 Å². The second-order valence-electron chi connectivity index (χ2n) is 12.3. The molecule has 4 aromatic carbocycles. The van der Waals surface area contributed by atoms with Crippen molar-refractivity contribution >= 4 is 40.3 Å². The van der Waals surface area contributed by atoms with Gasteiger partial charge < -0.3 is 10.0 Å².